The van der Waals surface area contributed by atoms with Crippen LogP contribution in [0.2, 0.25) is 0 Å². The average molecular weight is 336 g/mol. The van der Waals surface area contributed by atoms with E-state index in [0.717, 1.165) is 6.42 Å². The van der Waals surface area contributed by atoms with Crippen LogP contribution in [-0.2, 0) is 13.6 Å². The summed E-state index contributed by atoms with van der Waals surface area (Å²) in [6.07, 6.45) is 5.09. The van der Waals surface area contributed by atoms with Crippen LogP contribution in [-0.4, -0.2) is 16.6 Å². The van der Waals surface area contributed by atoms with E-state index in [1.54, 1.807) is 0 Å². The van der Waals surface area contributed by atoms with E-state index in [1.807, 2.05) is 30.1 Å². The predicted molar refractivity (Wildman–Crippen MR) is 79.0 cm³/mol. The van der Waals surface area contributed by atoms with Gasteiger partial charge in [-0.3, -0.25) is 0 Å². The second-order valence-corrected chi connectivity index (χ2v) is 3.84. The Hall–Kier alpha value is -0.720. The molecule has 3 N–H and O–H groups in total. The minimum Gasteiger partial charge on any atom is -0.370 e. The van der Waals surface area contributed by atoms with Gasteiger partial charge in [0, 0.05) is 25.5 Å². The molecule has 1 aromatic heterocycles. The Kier molecular flexibility index (Phi) is 7.20. The van der Waals surface area contributed by atoms with Gasteiger partial charge in [0.2, 0.25) is 0 Å². The van der Waals surface area contributed by atoms with Crippen molar-refractivity contribution in [1.29, 1.82) is 0 Å². The number of guanidine groups is 1. The lowest BCUT2D eigenvalue weighted by molar-refractivity contribution is 0.636. The Balaban J connectivity index is 0.00000225. The predicted octanol–water partition coefficient (Wildman–Crippen LogP) is 1.85. The maximum absolute atomic E-state index is 5.74. The summed E-state index contributed by atoms with van der Waals surface area (Å²) in [4.78, 5) is 4.27. The lowest BCUT2D eigenvalue weighted by Crippen LogP contribution is -2.38. The molecule has 1 atom stereocenters. The van der Waals surface area contributed by atoms with Crippen LogP contribution in [0.15, 0.2) is 23.5 Å². The zero-order valence-electron chi connectivity index (χ0n) is 10.1. The van der Waals surface area contributed by atoms with Crippen molar-refractivity contribution in [3.63, 3.8) is 0 Å². The van der Waals surface area contributed by atoms with Gasteiger partial charge < -0.3 is 15.6 Å². The summed E-state index contributed by atoms with van der Waals surface area (Å²) in [5.74, 6) is 0.521. The molecule has 0 saturated heterocycles. The molecule has 0 aromatic carbocycles. The van der Waals surface area contributed by atoms with E-state index in [-0.39, 0.29) is 24.0 Å². The number of nitrogens with zero attached hydrogens (tertiary/aromatic N) is 2. The number of hydrogen-bond donors (Lipinski definition) is 2. The highest BCUT2D eigenvalue weighted by molar-refractivity contribution is 14.0. The van der Waals surface area contributed by atoms with Crippen molar-refractivity contribution in [1.82, 2.24) is 9.88 Å². The fourth-order valence-corrected chi connectivity index (χ4v) is 1.23. The van der Waals surface area contributed by atoms with E-state index in [4.69, 9.17) is 5.73 Å². The quantitative estimate of drug-likeness (QED) is 0.501. The third-order valence-corrected chi connectivity index (χ3v) is 2.33. The van der Waals surface area contributed by atoms with E-state index in [9.17, 15) is 0 Å². The summed E-state index contributed by atoms with van der Waals surface area (Å²) in [6, 6.07) is 2.42. The molecule has 16 heavy (non-hydrogen) atoms. The molecular formula is C11H21IN4. The molecule has 0 fully saturated rings. The third kappa shape index (κ3) is 5.39. The number of aryl methyl sites for hydroxylation is 1. The van der Waals surface area contributed by atoms with Crippen LogP contribution < -0.4 is 11.1 Å². The van der Waals surface area contributed by atoms with E-state index in [2.05, 4.69) is 24.2 Å². The molecule has 0 aliphatic carbocycles. The third-order valence-electron chi connectivity index (χ3n) is 2.33. The van der Waals surface area contributed by atoms with Crippen molar-refractivity contribution in [2.45, 2.75) is 32.9 Å². The fraction of sp³-hybridized carbons (Fsp3) is 0.545. The van der Waals surface area contributed by atoms with Gasteiger partial charge in [0.05, 0.1) is 6.54 Å². The highest BCUT2D eigenvalue weighted by atomic mass is 127. The molecule has 4 nitrogen and oxygen atoms in total. The maximum Gasteiger partial charge on any atom is 0.189 e. The number of aliphatic imine (C=N–C) groups is 1. The minimum atomic E-state index is 0. The summed E-state index contributed by atoms with van der Waals surface area (Å²) in [7, 11) is 1.99. The second kappa shape index (κ2) is 7.54. The first-order chi connectivity index (χ1) is 7.11. The molecule has 1 rings (SSSR count). The molecular weight excluding hydrogens is 315 g/mol. The van der Waals surface area contributed by atoms with Gasteiger partial charge in [0.15, 0.2) is 5.96 Å². The van der Waals surface area contributed by atoms with Crippen molar-refractivity contribution in [3.8, 4) is 0 Å². The number of halogens is 1. The van der Waals surface area contributed by atoms with Gasteiger partial charge in [0.25, 0.3) is 0 Å². The van der Waals surface area contributed by atoms with Crippen LogP contribution in [0.5, 0.6) is 0 Å². The van der Waals surface area contributed by atoms with Crippen LogP contribution in [0, 0.1) is 0 Å². The average Bonchev–Trinajstić information content (AvgIpc) is 2.61. The van der Waals surface area contributed by atoms with Crippen molar-refractivity contribution < 1.29 is 0 Å². The van der Waals surface area contributed by atoms with E-state index >= 15 is 0 Å². The Labute approximate surface area is 114 Å². The highest BCUT2D eigenvalue weighted by Gasteiger charge is 1.99. The topological polar surface area (TPSA) is 55.3 Å². The summed E-state index contributed by atoms with van der Waals surface area (Å²) in [5, 5.41) is 3.13. The Bertz CT molecular complexity index is 332. The zero-order chi connectivity index (χ0) is 11.3. The second-order valence-electron chi connectivity index (χ2n) is 3.84. The Morgan fingerprint density at radius 1 is 1.62 bits per heavy atom. The van der Waals surface area contributed by atoms with Crippen molar-refractivity contribution in [2.24, 2.45) is 17.8 Å². The van der Waals surface area contributed by atoms with E-state index < -0.39 is 0 Å². The van der Waals surface area contributed by atoms with Crippen LogP contribution in [0.4, 0.5) is 0 Å². The van der Waals surface area contributed by atoms with Crippen molar-refractivity contribution in [3.05, 3.63) is 24.0 Å². The normalized spacial score (nSPS) is 13.1. The molecule has 0 aliphatic heterocycles. The lowest BCUT2D eigenvalue weighted by atomic mass is 10.3. The monoisotopic (exact) mass is 336 g/mol. The Morgan fingerprint density at radius 3 is 2.81 bits per heavy atom. The summed E-state index contributed by atoms with van der Waals surface area (Å²) >= 11 is 0. The van der Waals surface area contributed by atoms with E-state index in [1.165, 1.54) is 5.56 Å². The van der Waals surface area contributed by atoms with Crippen molar-refractivity contribution >= 4 is 29.9 Å². The first-order valence-corrected chi connectivity index (χ1v) is 5.29. The molecule has 0 aliphatic rings. The molecule has 5 heteroatoms. The molecule has 92 valence electrons. The molecule has 0 bridgehead atoms. The zero-order valence-corrected chi connectivity index (χ0v) is 12.4. The van der Waals surface area contributed by atoms with Crippen molar-refractivity contribution in [2.75, 3.05) is 0 Å². The van der Waals surface area contributed by atoms with Crippen LogP contribution in [0.1, 0.15) is 25.8 Å². The summed E-state index contributed by atoms with van der Waals surface area (Å²) in [6.45, 7) is 4.84. The molecule has 0 spiro atoms. The first kappa shape index (κ1) is 15.3. The van der Waals surface area contributed by atoms with Crippen LogP contribution in [0.25, 0.3) is 0 Å². The fourth-order valence-electron chi connectivity index (χ4n) is 1.23. The number of rotatable bonds is 4. The standard InChI is InChI=1S/C11H20N4.HI/c1-4-9(2)14-11(12)13-7-10-5-6-15(3)8-10;/h5-6,8-9H,4,7H2,1-3H3,(H3,12,13,14);1H. The van der Waals surface area contributed by atoms with Crippen LogP contribution >= 0.6 is 24.0 Å². The van der Waals surface area contributed by atoms with E-state index in [0.29, 0.717) is 18.5 Å². The number of nitrogens with one attached hydrogen (secondary N) is 1. The van der Waals surface area contributed by atoms with Gasteiger partial charge >= 0.3 is 0 Å². The number of hydrogen-bond acceptors (Lipinski definition) is 1. The van der Waals surface area contributed by atoms with Gasteiger partial charge in [-0.05, 0) is 25.0 Å². The molecule has 0 amide bonds. The van der Waals surface area contributed by atoms with Gasteiger partial charge in [-0.25, -0.2) is 4.99 Å². The summed E-state index contributed by atoms with van der Waals surface area (Å²) in [5.41, 5.74) is 6.91. The molecule has 1 aromatic rings. The lowest BCUT2D eigenvalue weighted by Gasteiger charge is -2.11. The van der Waals surface area contributed by atoms with Gasteiger partial charge in [0.1, 0.15) is 0 Å². The molecule has 0 radical (unpaired) electrons. The smallest absolute Gasteiger partial charge is 0.189 e. The minimum absolute atomic E-state index is 0. The largest absolute Gasteiger partial charge is 0.370 e. The maximum atomic E-state index is 5.74. The molecule has 1 unspecified atom stereocenters. The number of nitrogens with two attached hydrogens (primary N) is 1. The highest BCUT2D eigenvalue weighted by Crippen LogP contribution is 2.00. The summed E-state index contributed by atoms with van der Waals surface area (Å²) < 4.78 is 2.00. The molecule has 1 heterocycles. The van der Waals surface area contributed by atoms with Crippen LogP contribution in [0.3, 0.4) is 0 Å². The number of aromatic nitrogens is 1. The SMILES string of the molecule is CCC(C)NC(N)=NCc1ccn(C)c1.I. The Morgan fingerprint density at radius 2 is 2.31 bits per heavy atom. The van der Waals surface area contributed by atoms with Gasteiger partial charge in [-0.15, -0.1) is 24.0 Å². The first-order valence-electron chi connectivity index (χ1n) is 5.29. The van der Waals surface area contributed by atoms with Gasteiger partial charge in [-0.1, -0.05) is 6.92 Å². The van der Waals surface area contributed by atoms with Gasteiger partial charge in [-0.2, -0.15) is 0 Å². The molecule has 0 saturated carbocycles.